The van der Waals surface area contributed by atoms with Gasteiger partial charge in [-0.2, -0.15) is 0 Å². The van der Waals surface area contributed by atoms with Crippen molar-refractivity contribution in [3.63, 3.8) is 0 Å². The quantitative estimate of drug-likeness (QED) is 0.865. The third-order valence-corrected chi connectivity index (χ3v) is 2.37. The van der Waals surface area contributed by atoms with E-state index in [4.69, 9.17) is 10.5 Å². The molecule has 3 N–H and O–H groups in total. The van der Waals surface area contributed by atoms with Gasteiger partial charge in [-0.15, -0.1) is 0 Å². The normalized spacial score (nSPS) is 9.78. The first-order valence-electron chi connectivity index (χ1n) is 5.59. The van der Waals surface area contributed by atoms with Gasteiger partial charge in [0.1, 0.15) is 11.5 Å². The molecule has 0 saturated carbocycles. The summed E-state index contributed by atoms with van der Waals surface area (Å²) in [5, 5.41) is 2.53. The number of para-hydroxylation sites is 1. The van der Waals surface area contributed by atoms with Gasteiger partial charge in [0.05, 0.1) is 0 Å². The van der Waals surface area contributed by atoms with E-state index in [1.807, 2.05) is 54.6 Å². The summed E-state index contributed by atoms with van der Waals surface area (Å²) in [7, 11) is 0. The van der Waals surface area contributed by atoms with E-state index >= 15 is 0 Å². The molecule has 0 heterocycles. The van der Waals surface area contributed by atoms with Crippen LogP contribution >= 0.6 is 0 Å². The van der Waals surface area contributed by atoms with Gasteiger partial charge in [0.2, 0.25) is 0 Å². The van der Waals surface area contributed by atoms with Gasteiger partial charge < -0.3 is 15.8 Å². The van der Waals surface area contributed by atoms with Crippen molar-refractivity contribution >= 4 is 6.03 Å². The summed E-state index contributed by atoms with van der Waals surface area (Å²) in [5.41, 5.74) is 5.96. The van der Waals surface area contributed by atoms with Gasteiger partial charge in [0.25, 0.3) is 0 Å². The summed E-state index contributed by atoms with van der Waals surface area (Å²) in [4.78, 5) is 10.6. The van der Waals surface area contributed by atoms with Crippen molar-refractivity contribution in [1.82, 2.24) is 5.32 Å². The Kier molecular flexibility index (Phi) is 3.81. The Morgan fingerprint density at radius 3 is 2.22 bits per heavy atom. The van der Waals surface area contributed by atoms with Gasteiger partial charge in [0, 0.05) is 6.54 Å². The molecule has 4 heteroatoms. The SMILES string of the molecule is NC(=O)NCc1ccc(Oc2ccccc2)cc1. The monoisotopic (exact) mass is 242 g/mol. The Morgan fingerprint density at radius 2 is 1.61 bits per heavy atom. The molecule has 0 aliphatic heterocycles. The van der Waals surface area contributed by atoms with Crippen LogP contribution in [0.5, 0.6) is 11.5 Å². The fourth-order valence-electron chi connectivity index (χ4n) is 1.49. The zero-order chi connectivity index (χ0) is 12.8. The summed E-state index contributed by atoms with van der Waals surface area (Å²) in [6.45, 7) is 0.418. The average Bonchev–Trinajstić information content (AvgIpc) is 2.39. The summed E-state index contributed by atoms with van der Waals surface area (Å²) in [5.74, 6) is 1.55. The summed E-state index contributed by atoms with van der Waals surface area (Å²) < 4.78 is 5.65. The van der Waals surface area contributed by atoms with Crippen LogP contribution in [-0.2, 0) is 6.54 Å². The highest BCUT2D eigenvalue weighted by Gasteiger charge is 1.98. The van der Waals surface area contributed by atoms with E-state index in [1.54, 1.807) is 0 Å². The molecule has 0 bridgehead atoms. The van der Waals surface area contributed by atoms with Crippen LogP contribution in [0.15, 0.2) is 54.6 Å². The number of nitrogens with two attached hydrogens (primary N) is 1. The molecule has 2 amide bonds. The Bertz CT molecular complexity index is 509. The maximum Gasteiger partial charge on any atom is 0.312 e. The molecule has 2 rings (SSSR count). The highest BCUT2D eigenvalue weighted by molar-refractivity contribution is 5.71. The second-order valence-electron chi connectivity index (χ2n) is 3.78. The second kappa shape index (κ2) is 5.72. The highest BCUT2D eigenvalue weighted by atomic mass is 16.5. The van der Waals surface area contributed by atoms with E-state index < -0.39 is 6.03 Å². The van der Waals surface area contributed by atoms with Crippen molar-refractivity contribution in [2.75, 3.05) is 0 Å². The first-order chi connectivity index (χ1) is 8.74. The van der Waals surface area contributed by atoms with Gasteiger partial charge in [-0.25, -0.2) is 4.79 Å². The van der Waals surface area contributed by atoms with Gasteiger partial charge in [-0.1, -0.05) is 30.3 Å². The van der Waals surface area contributed by atoms with E-state index in [2.05, 4.69) is 5.32 Å². The lowest BCUT2D eigenvalue weighted by molar-refractivity contribution is 0.248. The maximum atomic E-state index is 10.6. The fraction of sp³-hybridized carbons (Fsp3) is 0.0714. The molecule has 0 aliphatic rings. The van der Waals surface area contributed by atoms with Crippen LogP contribution in [0.3, 0.4) is 0 Å². The third-order valence-electron chi connectivity index (χ3n) is 2.37. The standard InChI is InChI=1S/C14H14N2O2/c15-14(17)16-10-11-6-8-13(9-7-11)18-12-4-2-1-3-5-12/h1-9H,10H2,(H3,15,16,17). The number of benzene rings is 2. The smallest absolute Gasteiger partial charge is 0.312 e. The van der Waals surface area contributed by atoms with Gasteiger partial charge >= 0.3 is 6.03 Å². The molecule has 0 spiro atoms. The van der Waals surface area contributed by atoms with Crippen LogP contribution < -0.4 is 15.8 Å². The van der Waals surface area contributed by atoms with Crippen LogP contribution in [0.1, 0.15) is 5.56 Å². The number of hydrogen-bond acceptors (Lipinski definition) is 2. The number of primary amides is 1. The van der Waals surface area contributed by atoms with E-state index in [-0.39, 0.29) is 0 Å². The second-order valence-corrected chi connectivity index (χ2v) is 3.78. The molecule has 0 fully saturated rings. The molecule has 18 heavy (non-hydrogen) atoms. The Labute approximate surface area is 105 Å². The first kappa shape index (κ1) is 12.0. The molecule has 0 radical (unpaired) electrons. The van der Waals surface area contributed by atoms with Crippen LogP contribution in [0.2, 0.25) is 0 Å². The average molecular weight is 242 g/mol. The molecular weight excluding hydrogens is 228 g/mol. The number of hydrogen-bond donors (Lipinski definition) is 2. The van der Waals surface area contributed by atoms with Crippen LogP contribution in [-0.4, -0.2) is 6.03 Å². The number of rotatable bonds is 4. The molecule has 0 saturated heterocycles. The van der Waals surface area contributed by atoms with Gasteiger partial charge in [-0.05, 0) is 29.8 Å². The number of carbonyl (C=O) groups is 1. The number of ether oxygens (including phenoxy) is 1. The van der Waals surface area contributed by atoms with Crippen molar-refractivity contribution in [3.05, 3.63) is 60.2 Å². The van der Waals surface area contributed by atoms with Crippen molar-refractivity contribution < 1.29 is 9.53 Å². The number of carbonyl (C=O) groups excluding carboxylic acids is 1. The molecule has 0 atom stereocenters. The molecule has 0 unspecified atom stereocenters. The third kappa shape index (κ3) is 3.52. The molecule has 4 nitrogen and oxygen atoms in total. The molecule has 0 aromatic heterocycles. The first-order valence-corrected chi connectivity index (χ1v) is 5.59. The summed E-state index contributed by atoms with van der Waals surface area (Å²) in [6.07, 6.45) is 0. The van der Waals surface area contributed by atoms with Crippen molar-refractivity contribution in [1.29, 1.82) is 0 Å². The van der Waals surface area contributed by atoms with Crippen LogP contribution in [0.4, 0.5) is 4.79 Å². The Morgan fingerprint density at radius 1 is 1.00 bits per heavy atom. The summed E-state index contributed by atoms with van der Waals surface area (Å²) in [6, 6.07) is 16.5. The number of nitrogens with one attached hydrogen (secondary N) is 1. The Hall–Kier alpha value is -2.49. The zero-order valence-corrected chi connectivity index (χ0v) is 9.80. The molecule has 92 valence electrons. The van der Waals surface area contributed by atoms with Gasteiger partial charge in [0.15, 0.2) is 0 Å². The molecule has 0 aliphatic carbocycles. The molecule has 2 aromatic carbocycles. The van der Waals surface area contributed by atoms with E-state index in [0.29, 0.717) is 6.54 Å². The van der Waals surface area contributed by atoms with Gasteiger partial charge in [-0.3, -0.25) is 0 Å². The minimum absolute atomic E-state index is 0.418. The van der Waals surface area contributed by atoms with E-state index in [0.717, 1.165) is 17.1 Å². The van der Waals surface area contributed by atoms with Crippen LogP contribution in [0.25, 0.3) is 0 Å². The van der Waals surface area contributed by atoms with Crippen molar-refractivity contribution in [3.8, 4) is 11.5 Å². The highest BCUT2D eigenvalue weighted by Crippen LogP contribution is 2.20. The summed E-state index contributed by atoms with van der Waals surface area (Å²) >= 11 is 0. The van der Waals surface area contributed by atoms with E-state index in [1.165, 1.54) is 0 Å². The lowest BCUT2D eigenvalue weighted by Gasteiger charge is -2.06. The topological polar surface area (TPSA) is 64.4 Å². The van der Waals surface area contributed by atoms with Crippen LogP contribution in [0, 0.1) is 0 Å². The lowest BCUT2D eigenvalue weighted by Crippen LogP contribution is -2.28. The zero-order valence-electron chi connectivity index (χ0n) is 9.80. The minimum Gasteiger partial charge on any atom is -0.457 e. The number of amides is 2. The molecular formula is C14H14N2O2. The number of urea groups is 1. The van der Waals surface area contributed by atoms with Crippen molar-refractivity contribution in [2.24, 2.45) is 5.73 Å². The van der Waals surface area contributed by atoms with E-state index in [9.17, 15) is 4.79 Å². The Balaban J connectivity index is 1.97. The maximum absolute atomic E-state index is 10.6. The molecule has 2 aromatic rings. The fourth-order valence-corrected chi connectivity index (χ4v) is 1.49. The lowest BCUT2D eigenvalue weighted by atomic mass is 10.2. The predicted octanol–water partition coefficient (Wildman–Crippen LogP) is 2.65. The van der Waals surface area contributed by atoms with Crippen molar-refractivity contribution in [2.45, 2.75) is 6.54 Å². The largest absolute Gasteiger partial charge is 0.457 e. The minimum atomic E-state index is -0.528. The predicted molar refractivity (Wildman–Crippen MR) is 69.4 cm³/mol.